The van der Waals surface area contributed by atoms with Crippen LogP contribution in [0.1, 0.15) is 110 Å². The summed E-state index contributed by atoms with van der Waals surface area (Å²) >= 11 is 0. The van der Waals surface area contributed by atoms with Crippen LogP contribution in [-0.4, -0.2) is 96.0 Å². The minimum atomic E-state index is -4.58. The standard InChI is InChI=1S/C28H52O12S/c1-3-5-7-9-11-13-15-17-24(30)39-21(18-37-23(29)16-14-12-10-8-6-4-2)19-38-28-27(33)26(32)25(31)22(40-28)20-41(34,35)36/h21-22,25-28,31-33H,3-20H2,1-2H3,(H,34,35,36)/t21-,22-,25-,26+,27-,28-/m1/s1. The number of esters is 2. The molecule has 242 valence electrons. The van der Waals surface area contributed by atoms with Gasteiger partial charge >= 0.3 is 11.9 Å². The first-order chi connectivity index (χ1) is 19.5. The van der Waals surface area contributed by atoms with E-state index in [1.807, 2.05) is 0 Å². The van der Waals surface area contributed by atoms with Gasteiger partial charge in [-0.1, -0.05) is 84.5 Å². The molecule has 12 nitrogen and oxygen atoms in total. The smallest absolute Gasteiger partial charge is 0.306 e. The molecule has 0 aliphatic carbocycles. The predicted molar refractivity (Wildman–Crippen MR) is 150 cm³/mol. The highest BCUT2D eigenvalue weighted by Gasteiger charge is 2.46. The Kier molecular flexibility index (Phi) is 19.6. The monoisotopic (exact) mass is 612 g/mol. The largest absolute Gasteiger partial charge is 0.462 e. The summed E-state index contributed by atoms with van der Waals surface area (Å²) in [7, 11) is -4.58. The summed E-state index contributed by atoms with van der Waals surface area (Å²) in [4.78, 5) is 24.7. The van der Waals surface area contributed by atoms with E-state index in [1.54, 1.807) is 0 Å². The zero-order valence-corrected chi connectivity index (χ0v) is 25.5. The Morgan fingerprint density at radius 1 is 0.732 bits per heavy atom. The molecule has 1 rings (SSSR count). The molecule has 0 bridgehead atoms. The van der Waals surface area contributed by atoms with Crippen LogP contribution in [0.3, 0.4) is 0 Å². The lowest BCUT2D eigenvalue weighted by atomic mass is 10.00. The average Bonchev–Trinajstić information content (AvgIpc) is 2.91. The second-order valence-electron chi connectivity index (χ2n) is 10.8. The van der Waals surface area contributed by atoms with Gasteiger partial charge in [0.1, 0.15) is 36.8 Å². The molecule has 1 aliphatic rings. The normalized spacial score (nSPS) is 23.7. The zero-order chi connectivity index (χ0) is 30.7. The van der Waals surface area contributed by atoms with Crippen molar-refractivity contribution in [2.75, 3.05) is 19.0 Å². The lowest BCUT2D eigenvalue weighted by Gasteiger charge is -2.40. The minimum Gasteiger partial charge on any atom is -0.462 e. The fourth-order valence-electron chi connectivity index (χ4n) is 4.50. The van der Waals surface area contributed by atoms with E-state index in [0.717, 1.165) is 64.2 Å². The van der Waals surface area contributed by atoms with Gasteiger partial charge in [-0.3, -0.25) is 14.1 Å². The molecule has 41 heavy (non-hydrogen) atoms. The van der Waals surface area contributed by atoms with Gasteiger partial charge in [0.05, 0.1) is 6.61 Å². The van der Waals surface area contributed by atoms with Crippen molar-refractivity contribution in [2.24, 2.45) is 0 Å². The molecule has 0 spiro atoms. The van der Waals surface area contributed by atoms with Crippen LogP contribution in [0.25, 0.3) is 0 Å². The Hall–Kier alpha value is -1.35. The molecule has 0 radical (unpaired) electrons. The van der Waals surface area contributed by atoms with Crippen molar-refractivity contribution >= 4 is 22.1 Å². The van der Waals surface area contributed by atoms with Crippen LogP contribution in [0.4, 0.5) is 0 Å². The van der Waals surface area contributed by atoms with E-state index in [2.05, 4.69) is 13.8 Å². The molecule has 1 aliphatic heterocycles. The zero-order valence-electron chi connectivity index (χ0n) is 24.7. The number of carbonyl (C=O) groups excluding carboxylic acids is 2. The fraction of sp³-hybridized carbons (Fsp3) is 0.929. The fourth-order valence-corrected chi connectivity index (χ4v) is 5.19. The number of aliphatic hydroxyl groups is 3. The maximum atomic E-state index is 12.5. The third kappa shape index (κ3) is 17.4. The summed E-state index contributed by atoms with van der Waals surface area (Å²) in [6, 6.07) is 0. The Morgan fingerprint density at radius 2 is 1.24 bits per heavy atom. The first-order valence-corrected chi connectivity index (χ1v) is 16.7. The molecular weight excluding hydrogens is 560 g/mol. The second kappa shape index (κ2) is 21.4. The second-order valence-corrected chi connectivity index (χ2v) is 12.3. The number of carbonyl (C=O) groups is 2. The predicted octanol–water partition coefficient (Wildman–Crippen LogP) is 3.04. The van der Waals surface area contributed by atoms with E-state index in [9.17, 15) is 33.3 Å². The Bertz CT molecular complexity index is 821. The highest BCUT2D eigenvalue weighted by molar-refractivity contribution is 7.85. The molecule has 13 heteroatoms. The SMILES string of the molecule is CCCCCCCCCC(=O)O[C@H](COC(=O)CCCCCCCC)CO[C@@H]1O[C@H](CS(=O)(=O)O)[C@@H](O)[C@H](O)[C@H]1O. The molecule has 1 fully saturated rings. The van der Waals surface area contributed by atoms with Gasteiger partial charge in [0, 0.05) is 12.8 Å². The molecule has 0 aromatic carbocycles. The van der Waals surface area contributed by atoms with Gasteiger partial charge in [-0.05, 0) is 12.8 Å². The van der Waals surface area contributed by atoms with Crippen molar-refractivity contribution in [3.8, 4) is 0 Å². The molecule has 0 saturated carbocycles. The molecule has 4 N–H and O–H groups in total. The number of hydrogen-bond acceptors (Lipinski definition) is 11. The Labute approximate surface area is 244 Å². The van der Waals surface area contributed by atoms with Crippen LogP contribution in [0, 0.1) is 0 Å². The quantitative estimate of drug-likeness (QED) is 0.0752. The van der Waals surface area contributed by atoms with Gasteiger partial charge in [0.2, 0.25) is 0 Å². The number of aliphatic hydroxyl groups excluding tert-OH is 3. The summed E-state index contributed by atoms with van der Waals surface area (Å²) in [5, 5.41) is 30.4. The van der Waals surface area contributed by atoms with Gasteiger partial charge < -0.3 is 34.3 Å². The van der Waals surface area contributed by atoms with E-state index in [4.69, 9.17) is 23.5 Å². The summed E-state index contributed by atoms with van der Waals surface area (Å²) in [5.41, 5.74) is 0. The van der Waals surface area contributed by atoms with Crippen molar-refractivity contribution < 1.29 is 56.8 Å². The number of ether oxygens (including phenoxy) is 4. The topological polar surface area (TPSA) is 186 Å². The van der Waals surface area contributed by atoms with Gasteiger partial charge in [0.15, 0.2) is 12.4 Å². The van der Waals surface area contributed by atoms with Crippen LogP contribution >= 0.6 is 0 Å². The summed E-state index contributed by atoms with van der Waals surface area (Å²) < 4.78 is 53.2. The van der Waals surface area contributed by atoms with E-state index in [-0.39, 0.29) is 19.4 Å². The van der Waals surface area contributed by atoms with Crippen molar-refractivity contribution in [1.29, 1.82) is 0 Å². The molecule has 0 aromatic rings. The van der Waals surface area contributed by atoms with Crippen molar-refractivity contribution in [1.82, 2.24) is 0 Å². The van der Waals surface area contributed by atoms with Gasteiger partial charge in [-0.25, -0.2) is 0 Å². The van der Waals surface area contributed by atoms with Crippen LogP contribution in [-0.2, 0) is 38.7 Å². The maximum absolute atomic E-state index is 12.5. The molecule has 6 atom stereocenters. The highest BCUT2D eigenvalue weighted by atomic mass is 32.2. The van der Waals surface area contributed by atoms with Crippen LogP contribution in [0.5, 0.6) is 0 Å². The average molecular weight is 613 g/mol. The third-order valence-electron chi connectivity index (χ3n) is 6.94. The van der Waals surface area contributed by atoms with Crippen LogP contribution in [0.15, 0.2) is 0 Å². The molecular formula is C28H52O12S. The molecule has 1 heterocycles. The van der Waals surface area contributed by atoms with Crippen LogP contribution < -0.4 is 0 Å². The van der Waals surface area contributed by atoms with E-state index in [1.165, 1.54) is 6.42 Å². The van der Waals surface area contributed by atoms with Gasteiger partial charge in [-0.15, -0.1) is 0 Å². The van der Waals surface area contributed by atoms with E-state index >= 15 is 0 Å². The Balaban J connectivity index is 2.66. The molecule has 0 aromatic heterocycles. The third-order valence-corrected chi connectivity index (χ3v) is 7.69. The lowest BCUT2D eigenvalue weighted by Crippen LogP contribution is -2.60. The minimum absolute atomic E-state index is 0.167. The first-order valence-electron chi connectivity index (χ1n) is 15.1. The number of unbranched alkanes of at least 4 members (excludes halogenated alkanes) is 11. The highest BCUT2D eigenvalue weighted by Crippen LogP contribution is 2.23. The van der Waals surface area contributed by atoms with Gasteiger partial charge in [-0.2, -0.15) is 8.42 Å². The van der Waals surface area contributed by atoms with E-state index < -0.39 is 71.2 Å². The summed E-state index contributed by atoms with van der Waals surface area (Å²) in [6.45, 7) is 3.56. The van der Waals surface area contributed by atoms with Gasteiger partial charge in [0.25, 0.3) is 10.1 Å². The lowest BCUT2D eigenvalue weighted by molar-refractivity contribution is -0.297. The summed E-state index contributed by atoms with van der Waals surface area (Å²) in [6.07, 6.45) is 3.94. The number of hydrogen-bond donors (Lipinski definition) is 4. The Morgan fingerprint density at radius 3 is 1.78 bits per heavy atom. The molecule has 0 unspecified atom stereocenters. The first kappa shape index (κ1) is 37.7. The summed E-state index contributed by atoms with van der Waals surface area (Å²) in [5.74, 6) is -2.00. The van der Waals surface area contributed by atoms with Crippen LogP contribution in [0.2, 0.25) is 0 Å². The maximum Gasteiger partial charge on any atom is 0.306 e. The molecule has 0 amide bonds. The van der Waals surface area contributed by atoms with Crippen molar-refractivity contribution in [3.05, 3.63) is 0 Å². The van der Waals surface area contributed by atoms with Crippen molar-refractivity contribution in [2.45, 2.75) is 147 Å². The molecule has 1 saturated heterocycles. The van der Waals surface area contributed by atoms with E-state index in [0.29, 0.717) is 12.8 Å². The number of rotatable bonds is 23. The van der Waals surface area contributed by atoms with Crippen molar-refractivity contribution in [3.63, 3.8) is 0 Å².